The summed E-state index contributed by atoms with van der Waals surface area (Å²) in [6.45, 7) is 4.81. The van der Waals surface area contributed by atoms with Crippen LogP contribution in [0.3, 0.4) is 0 Å². The number of rotatable bonds is 2. The topological polar surface area (TPSA) is 38.3 Å². The molecule has 3 nitrogen and oxygen atoms in total. The number of alkyl halides is 6. The summed E-state index contributed by atoms with van der Waals surface area (Å²) < 4.78 is 80.4. The van der Waals surface area contributed by atoms with Crippen LogP contribution in [-0.4, -0.2) is 24.0 Å². The maximum atomic E-state index is 12.6. The van der Waals surface area contributed by atoms with Gasteiger partial charge in [0.1, 0.15) is 5.60 Å². The van der Waals surface area contributed by atoms with Crippen LogP contribution in [-0.2, 0) is 4.74 Å². The van der Waals surface area contributed by atoms with E-state index in [2.05, 4.69) is 5.32 Å². The number of amides is 1. The van der Waals surface area contributed by atoms with Crippen molar-refractivity contribution in [3.63, 3.8) is 0 Å². The number of hydrogen-bond acceptors (Lipinski definition) is 2. The van der Waals surface area contributed by atoms with E-state index in [4.69, 9.17) is 4.74 Å². The first kappa shape index (κ1) is 19.1. The van der Waals surface area contributed by atoms with Crippen molar-refractivity contribution in [2.75, 3.05) is 5.32 Å². The summed E-state index contributed by atoms with van der Waals surface area (Å²) in [5.41, 5.74) is -1.73. The molecule has 23 heavy (non-hydrogen) atoms. The van der Waals surface area contributed by atoms with Gasteiger partial charge in [0.15, 0.2) is 5.92 Å². The summed E-state index contributed by atoms with van der Waals surface area (Å²) in [5, 5.41) is 2.22. The number of nitrogens with one attached hydrogen (secondary N) is 1. The molecule has 0 aliphatic rings. The Labute approximate surface area is 128 Å². The number of ether oxygens (including phenoxy) is 1. The lowest BCUT2D eigenvalue weighted by Crippen LogP contribution is -2.34. The van der Waals surface area contributed by atoms with Gasteiger partial charge in [-0.1, -0.05) is 12.1 Å². The van der Waals surface area contributed by atoms with Crippen LogP contribution in [0, 0.1) is 0 Å². The van der Waals surface area contributed by atoms with E-state index in [0.29, 0.717) is 12.1 Å². The molecule has 1 rings (SSSR count). The number of hydrogen-bond donors (Lipinski definition) is 1. The van der Waals surface area contributed by atoms with E-state index in [1.165, 1.54) is 0 Å². The normalized spacial score (nSPS) is 13.1. The number of benzene rings is 1. The fraction of sp³-hybridized carbons (Fsp3) is 0.500. The van der Waals surface area contributed by atoms with E-state index >= 15 is 0 Å². The minimum absolute atomic E-state index is 0.0195. The molecule has 1 aromatic carbocycles. The van der Waals surface area contributed by atoms with Crippen molar-refractivity contribution in [2.24, 2.45) is 0 Å². The molecule has 0 saturated carbocycles. The minimum atomic E-state index is -5.46. The van der Waals surface area contributed by atoms with Gasteiger partial charge in [-0.25, -0.2) is 4.79 Å². The molecule has 1 amide bonds. The molecule has 0 aliphatic carbocycles. The molecule has 0 bridgehead atoms. The van der Waals surface area contributed by atoms with Crippen LogP contribution in [0.2, 0.25) is 0 Å². The molecular formula is C14H15F6NO2. The van der Waals surface area contributed by atoms with Gasteiger partial charge in [0.2, 0.25) is 0 Å². The summed E-state index contributed by atoms with van der Waals surface area (Å²) in [5.74, 6) is -3.58. The number of carbonyl (C=O) groups is 1. The van der Waals surface area contributed by atoms with Gasteiger partial charge >= 0.3 is 18.4 Å². The van der Waals surface area contributed by atoms with E-state index in [1.807, 2.05) is 0 Å². The number of halogens is 6. The predicted molar refractivity (Wildman–Crippen MR) is 71.1 cm³/mol. The van der Waals surface area contributed by atoms with E-state index in [1.54, 1.807) is 20.8 Å². The zero-order valence-electron chi connectivity index (χ0n) is 12.5. The molecule has 0 saturated heterocycles. The van der Waals surface area contributed by atoms with Gasteiger partial charge in [-0.05, 0) is 38.5 Å². The highest BCUT2D eigenvalue weighted by Gasteiger charge is 2.57. The second-order valence-corrected chi connectivity index (χ2v) is 5.77. The van der Waals surface area contributed by atoms with Gasteiger partial charge in [-0.3, -0.25) is 5.32 Å². The fourth-order valence-electron chi connectivity index (χ4n) is 1.74. The maximum Gasteiger partial charge on any atom is 0.412 e. The third kappa shape index (κ3) is 5.99. The Morgan fingerprint density at radius 2 is 1.39 bits per heavy atom. The van der Waals surface area contributed by atoms with E-state index < -0.39 is 35.5 Å². The second kappa shape index (κ2) is 6.29. The number of carbonyl (C=O) groups excluding carboxylic acids is 1. The smallest absolute Gasteiger partial charge is 0.412 e. The second-order valence-electron chi connectivity index (χ2n) is 5.77. The third-order valence-corrected chi connectivity index (χ3v) is 2.54. The lowest BCUT2D eigenvalue weighted by atomic mass is 9.97. The maximum absolute atomic E-state index is 12.6. The summed E-state index contributed by atoms with van der Waals surface area (Å²) in [7, 11) is 0. The van der Waals surface area contributed by atoms with Crippen molar-refractivity contribution >= 4 is 11.8 Å². The monoisotopic (exact) mass is 343 g/mol. The Hall–Kier alpha value is -1.93. The SMILES string of the molecule is CC(C)(C)OC(=O)Nc1ccc(C(C(F)(F)F)C(F)(F)F)cc1. The van der Waals surface area contributed by atoms with Gasteiger partial charge < -0.3 is 4.74 Å². The van der Waals surface area contributed by atoms with Crippen molar-refractivity contribution in [3.8, 4) is 0 Å². The predicted octanol–water partition coefficient (Wildman–Crippen LogP) is 5.24. The molecule has 9 heteroatoms. The van der Waals surface area contributed by atoms with Crippen LogP contribution in [0.15, 0.2) is 24.3 Å². The Morgan fingerprint density at radius 3 is 1.74 bits per heavy atom. The van der Waals surface area contributed by atoms with Gasteiger partial charge in [0.05, 0.1) is 0 Å². The van der Waals surface area contributed by atoms with Crippen LogP contribution < -0.4 is 5.32 Å². The Kier molecular flexibility index (Phi) is 5.23. The molecule has 0 radical (unpaired) electrons. The molecule has 0 fully saturated rings. The summed E-state index contributed by atoms with van der Waals surface area (Å²) in [6.07, 6.45) is -11.8. The zero-order chi connectivity index (χ0) is 18.1. The van der Waals surface area contributed by atoms with E-state index in [-0.39, 0.29) is 5.69 Å². The zero-order valence-corrected chi connectivity index (χ0v) is 12.5. The molecule has 1 aromatic rings. The standard InChI is InChI=1S/C14H15F6NO2/c1-12(2,3)23-11(22)21-9-6-4-8(5-7-9)10(13(15,16)17)14(18,19)20/h4-7,10H,1-3H3,(H,21,22). The molecule has 0 aliphatic heterocycles. The Bertz CT molecular complexity index is 528. The molecule has 130 valence electrons. The molecule has 0 aromatic heterocycles. The van der Waals surface area contributed by atoms with Gasteiger partial charge in [-0.15, -0.1) is 0 Å². The molecule has 1 N–H and O–H groups in total. The molecule has 0 atom stereocenters. The lowest BCUT2D eigenvalue weighted by molar-refractivity contribution is -0.253. The Morgan fingerprint density at radius 1 is 0.957 bits per heavy atom. The van der Waals surface area contributed by atoms with Gasteiger partial charge in [0, 0.05) is 5.69 Å². The highest BCUT2D eigenvalue weighted by atomic mass is 19.4. The average Bonchev–Trinajstić information content (AvgIpc) is 2.25. The van der Waals surface area contributed by atoms with Crippen LogP contribution in [0.4, 0.5) is 36.8 Å². The quantitative estimate of drug-likeness (QED) is 0.746. The minimum Gasteiger partial charge on any atom is -0.444 e. The van der Waals surface area contributed by atoms with Crippen molar-refractivity contribution in [1.82, 2.24) is 0 Å². The van der Waals surface area contributed by atoms with Gasteiger partial charge in [0.25, 0.3) is 0 Å². The third-order valence-electron chi connectivity index (χ3n) is 2.54. The Balaban J connectivity index is 2.93. The molecule has 0 unspecified atom stereocenters. The average molecular weight is 343 g/mol. The van der Waals surface area contributed by atoms with Crippen LogP contribution in [0.1, 0.15) is 32.3 Å². The highest BCUT2D eigenvalue weighted by Crippen LogP contribution is 2.46. The van der Waals surface area contributed by atoms with E-state index in [0.717, 1.165) is 12.1 Å². The molecular weight excluding hydrogens is 328 g/mol. The highest BCUT2D eigenvalue weighted by molar-refractivity contribution is 5.84. The summed E-state index contributed by atoms with van der Waals surface area (Å²) in [4.78, 5) is 11.5. The van der Waals surface area contributed by atoms with Crippen molar-refractivity contribution in [3.05, 3.63) is 29.8 Å². The largest absolute Gasteiger partial charge is 0.444 e. The molecule has 0 spiro atoms. The van der Waals surface area contributed by atoms with Crippen LogP contribution >= 0.6 is 0 Å². The first-order valence-electron chi connectivity index (χ1n) is 6.43. The van der Waals surface area contributed by atoms with Gasteiger partial charge in [-0.2, -0.15) is 26.3 Å². The summed E-state index contributed by atoms with van der Waals surface area (Å²) in [6, 6.07) is 3.23. The van der Waals surface area contributed by atoms with Crippen LogP contribution in [0.25, 0.3) is 0 Å². The first-order valence-corrected chi connectivity index (χ1v) is 6.43. The lowest BCUT2D eigenvalue weighted by Gasteiger charge is -2.23. The van der Waals surface area contributed by atoms with Crippen molar-refractivity contribution < 1.29 is 35.9 Å². The number of anilines is 1. The first-order chi connectivity index (χ1) is 10.2. The molecule has 0 heterocycles. The van der Waals surface area contributed by atoms with Crippen molar-refractivity contribution in [1.29, 1.82) is 0 Å². The van der Waals surface area contributed by atoms with Crippen LogP contribution in [0.5, 0.6) is 0 Å². The summed E-state index contributed by atoms with van der Waals surface area (Å²) >= 11 is 0. The fourth-order valence-corrected chi connectivity index (χ4v) is 1.74. The van der Waals surface area contributed by atoms with E-state index in [9.17, 15) is 31.1 Å². The van der Waals surface area contributed by atoms with Crippen molar-refractivity contribution in [2.45, 2.75) is 44.6 Å².